The number of rotatable bonds is 4. The lowest BCUT2D eigenvalue weighted by atomic mass is 10.1. The molecule has 0 unspecified atom stereocenters. The van der Waals surface area contributed by atoms with Crippen LogP contribution in [0.4, 0.5) is 0 Å². The van der Waals surface area contributed by atoms with Crippen LogP contribution in [0.2, 0.25) is 0 Å². The molecule has 3 rings (SSSR count). The predicted octanol–water partition coefficient (Wildman–Crippen LogP) is 1.69. The maximum absolute atomic E-state index is 12.5. The summed E-state index contributed by atoms with van der Waals surface area (Å²) in [6.45, 7) is 3.44. The molecule has 1 saturated heterocycles. The Morgan fingerprint density at radius 3 is 2.95 bits per heavy atom. The first-order chi connectivity index (χ1) is 9.79. The summed E-state index contributed by atoms with van der Waals surface area (Å²) >= 11 is 0. The number of ketones is 1. The van der Waals surface area contributed by atoms with Gasteiger partial charge in [-0.15, -0.1) is 0 Å². The van der Waals surface area contributed by atoms with Crippen molar-refractivity contribution in [3.05, 3.63) is 30.0 Å². The lowest BCUT2D eigenvalue weighted by Gasteiger charge is -2.25. The van der Waals surface area contributed by atoms with E-state index in [9.17, 15) is 4.79 Å². The Morgan fingerprint density at radius 2 is 2.20 bits per heavy atom. The van der Waals surface area contributed by atoms with Gasteiger partial charge in [-0.1, -0.05) is 6.07 Å². The average Bonchev–Trinajstić information content (AvgIpc) is 2.92. The van der Waals surface area contributed by atoms with Crippen LogP contribution in [0, 0.1) is 0 Å². The Morgan fingerprint density at radius 1 is 1.40 bits per heavy atom. The highest BCUT2D eigenvalue weighted by Crippen LogP contribution is 2.28. The smallest absolute Gasteiger partial charge is 0.179 e. The quantitative estimate of drug-likeness (QED) is 0.862. The Kier molecular flexibility index (Phi) is 3.71. The minimum atomic E-state index is 0.114. The molecule has 0 radical (unpaired) electrons. The lowest BCUT2D eigenvalue weighted by Crippen LogP contribution is -2.39. The van der Waals surface area contributed by atoms with Gasteiger partial charge in [0, 0.05) is 30.4 Å². The second kappa shape index (κ2) is 5.64. The number of benzene rings is 1. The molecule has 0 aliphatic carbocycles. The van der Waals surface area contributed by atoms with Gasteiger partial charge in [0.1, 0.15) is 5.75 Å². The van der Waals surface area contributed by atoms with E-state index in [1.54, 1.807) is 13.3 Å². The predicted molar refractivity (Wildman–Crippen MR) is 76.4 cm³/mol. The maximum Gasteiger partial charge on any atom is 0.179 e. The van der Waals surface area contributed by atoms with E-state index in [0.29, 0.717) is 25.3 Å². The van der Waals surface area contributed by atoms with Gasteiger partial charge < -0.3 is 14.5 Å². The summed E-state index contributed by atoms with van der Waals surface area (Å²) in [4.78, 5) is 17.8. The van der Waals surface area contributed by atoms with Crippen LogP contribution in [0.3, 0.4) is 0 Å². The van der Waals surface area contributed by atoms with Crippen LogP contribution in [0.25, 0.3) is 10.9 Å². The number of methoxy groups -OCH3 is 1. The Balaban J connectivity index is 1.87. The number of Topliss-reactive ketones (excluding diaryl/α,β-unsaturated/α-hetero) is 1. The van der Waals surface area contributed by atoms with Crippen molar-refractivity contribution < 1.29 is 14.3 Å². The number of carbonyl (C=O) groups excluding carboxylic acids is 1. The molecule has 1 fully saturated rings. The number of H-pyrrole nitrogens is 1. The van der Waals surface area contributed by atoms with E-state index in [0.717, 1.165) is 29.7 Å². The van der Waals surface area contributed by atoms with Gasteiger partial charge >= 0.3 is 0 Å². The summed E-state index contributed by atoms with van der Waals surface area (Å²) in [6, 6.07) is 5.74. The molecular formula is C15H18N2O3. The molecule has 1 aliphatic rings. The third-order valence-corrected chi connectivity index (χ3v) is 3.66. The molecule has 0 saturated carbocycles. The van der Waals surface area contributed by atoms with E-state index in [-0.39, 0.29) is 5.78 Å². The third kappa shape index (κ3) is 2.42. The van der Waals surface area contributed by atoms with Crippen molar-refractivity contribution in [2.45, 2.75) is 0 Å². The molecule has 5 heteroatoms. The van der Waals surface area contributed by atoms with Crippen LogP contribution in [-0.2, 0) is 4.74 Å². The van der Waals surface area contributed by atoms with Gasteiger partial charge in [0.25, 0.3) is 0 Å². The zero-order valence-electron chi connectivity index (χ0n) is 11.5. The van der Waals surface area contributed by atoms with Crippen molar-refractivity contribution in [2.75, 3.05) is 40.0 Å². The standard InChI is InChI=1S/C15H18N2O3/c1-19-14-4-2-3-12-15(14)11(9-16-12)13(18)10-17-5-7-20-8-6-17/h2-4,9,16H,5-8,10H2,1H3. The van der Waals surface area contributed by atoms with Crippen molar-refractivity contribution in [1.82, 2.24) is 9.88 Å². The molecule has 1 aromatic heterocycles. The fraction of sp³-hybridized carbons (Fsp3) is 0.400. The first kappa shape index (κ1) is 13.1. The molecule has 1 aliphatic heterocycles. The molecule has 1 N–H and O–H groups in total. The van der Waals surface area contributed by atoms with Crippen molar-refractivity contribution in [3.8, 4) is 5.75 Å². The van der Waals surface area contributed by atoms with E-state index in [4.69, 9.17) is 9.47 Å². The molecule has 20 heavy (non-hydrogen) atoms. The van der Waals surface area contributed by atoms with Gasteiger partial charge in [-0.2, -0.15) is 0 Å². The largest absolute Gasteiger partial charge is 0.496 e. The number of nitrogens with zero attached hydrogens (tertiary/aromatic N) is 1. The van der Waals surface area contributed by atoms with E-state index in [1.807, 2.05) is 18.2 Å². The maximum atomic E-state index is 12.5. The summed E-state index contributed by atoms with van der Waals surface area (Å²) < 4.78 is 10.7. The number of ether oxygens (including phenoxy) is 2. The zero-order valence-corrected chi connectivity index (χ0v) is 11.5. The van der Waals surface area contributed by atoms with Crippen molar-refractivity contribution >= 4 is 16.7 Å². The lowest BCUT2D eigenvalue weighted by molar-refractivity contribution is 0.0371. The van der Waals surface area contributed by atoms with E-state index in [1.165, 1.54) is 0 Å². The van der Waals surface area contributed by atoms with Crippen LogP contribution in [0.5, 0.6) is 5.75 Å². The van der Waals surface area contributed by atoms with Gasteiger partial charge in [-0.25, -0.2) is 0 Å². The van der Waals surface area contributed by atoms with Crippen LogP contribution in [0.15, 0.2) is 24.4 Å². The number of hydrogen-bond acceptors (Lipinski definition) is 4. The number of fused-ring (bicyclic) bond motifs is 1. The number of aromatic nitrogens is 1. The van der Waals surface area contributed by atoms with Crippen molar-refractivity contribution in [1.29, 1.82) is 0 Å². The molecule has 0 spiro atoms. The van der Waals surface area contributed by atoms with Crippen molar-refractivity contribution in [3.63, 3.8) is 0 Å². The molecule has 0 amide bonds. The topological polar surface area (TPSA) is 54.6 Å². The second-order valence-corrected chi connectivity index (χ2v) is 4.90. The summed E-state index contributed by atoms with van der Waals surface area (Å²) in [6.07, 6.45) is 1.77. The second-order valence-electron chi connectivity index (χ2n) is 4.90. The van der Waals surface area contributed by atoms with Gasteiger partial charge in [0.2, 0.25) is 0 Å². The van der Waals surface area contributed by atoms with Crippen molar-refractivity contribution in [2.24, 2.45) is 0 Å². The highest BCUT2D eigenvalue weighted by molar-refractivity contribution is 6.10. The SMILES string of the molecule is COc1cccc2[nH]cc(C(=O)CN3CCOCC3)c12. The van der Waals surface area contributed by atoms with Gasteiger partial charge in [-0.05, 0) is 12.1 Å². The number of nitrogens with one attached hydrogen (secondary N) is 1. The zero-order chi connectivity index (χ0) is 13.9. The number of aromatic amines is 1. The summed E-state index contributed by atoms with van der Waals surface area (Å²) in [5.41, 5.74) is 1.62. The summed E-state index contributed by atoms with van der Waals surface area (Å²) in [7, 11) is 1.62. The van der Waals surface area contributed by atoms with E-state index >= 15 is 0 Å². The average molecular weight is 274 g/mol. The van der Waals surface area contributed by atoms with Gasteiger partial charge in [0.05, 0.1) is 32.3 Å². The van der Waals surface area contributed by atoms with Crippen LogP contribution in [0.1, 0.15) is 10.4 Å². The third-order valence-electron chi connectivity index (χ3n) is 3.66. The molecule has 5 nitrogen and oxygen atoms in total. The molecule has 0 atom stereocenters. The normalized spacial score (nSPS) is 16.4. The number of hydrogen-bond donors (Lipinski definition) is 1. The Bertz CT molecular complexity index is 615. The molecule has 2 aromatic rings. The molecule has 106 valence electrons. The highest BCUT2D eigenvalue weighted by Gasteiger charge is 2.19. The van der Waals surface area contributed by atoms with Crippen LogP contribution < -0.4 is 4.74 Å². The molecular weight excluding hydrogens is 256 g/mol. The fourth-order valence-electron chi connectivity index (χ4n) is 2.59. The summed E-state index contributed by atoms with van der Waals surface area (Å²) in [5, 5.41) is 0.869. The molecule has 1 aromatic carbocycles. The fourth-order valence-corrected chi connectivity index (χ4v) is 2.59. The minimum absolute atomic E-state index is 0.114. The Hall–Kier alpha value is -1.85. The first-order valence-corrected chi connectivity index (χ1v) is 6.77. The van der Waals surface area contributed by atoms with E-state index < -0.39 is 0 Å². The monoisotopic (exact) mass is 274 g/mol. The van der Waals surface area contributed by atoms with Crippen LogP contribution >= 0.6 is 0 Å². The summed E-state index contributed by atoms with van der Waals surface area (Å²) in [5.74, 6) is 0.844. The van der Waals surface area contributed by atoms with E-state index in [2.05, 4.69) is 9.88 Å². The van der Waals surface area contributed by atoms with Gasteiger partial charge in [0.15, 0.2) is 5.78 Å². The molecule has 2 heterocycles. The minimum Gasteiger partial charge on any atom is -0.496 e. The first-order valence-electron chi connectivity index (χ1n) is 6.77. The number of carbonyl (C=O) groups is 1. The van der Waals surface area contributed by atoms with Gasteiger partial charge in [-0.3, -0.25) is 9.69 Å². The number of morpholine rings is 1. The highest BCUT2D eigenvalue weighted by atomic mass is 16.5. The Labute approximate surface area is 117 Å². The molecule has 0 bridgehead atoms. The van der Waals surface area contributed by atoms with Crippen LogP contribution in [-0.4, -0.2) is 55.6 Å².